The summed E-state index contributed by atoms with van der Waals surface area (Å²) in [5.41, 5.74) is 2.47. The van der Waals surface area contributed by atoms with Gasteiger partial charge in [-0.05, 0) is 43.3 Å². The molecule has 0 N–H and O–H groups in total. The normalized spacial score (nSPS) is 11.1. The van der Waals surface area contributed by atoms with Gasteiger partial charge in [0.15, 0.2) is 5.78 Å². The molecule has 24 heavy (non-hydrogen) atoms. The number of hydrogen-bond donors (Lipinski definition) is 0. The summed E-state index contributed by atoms with van der Waals surface area (Å²) >= 11 is 12.2. The lowest BCUT2D eigenvalue weighted by Crippen LogP contribution is -1.93. The van der Waals surface area contributed by atoms with Crippen LogP contribution in [-0.4, -0.2) is 5.78 Å². The fourth-order valence-corrected chi connectivity index (χ4v) is 2.65. The van der Waals surface area contributed by atoms with E-state index in [1.165, 1.54) is 6.08 Å². The first kappa shape index (κ1) is 16.6. The van der Waals surface area contributed by atoms with Crippen molar-refractivity contribution in [2.45, 2.75) is 6.92 Å². The van der Waals surface area contributed by atoms with Gasteiger partial charge in [-0.3, -0.25) is 4.79 Å². The van der Waals surface area contributed by atoms with Crippen LogP contribution in [0.3, 0.4) is 0 Å². The number of hydrogen-bond acceptors (Lipinski definition) is 2. The third-order valence-electron chi connectivity index (χ3n) is 3.58. The summed E-state index contributed by atoms with van der Waals surface area (Å²) in [7, 11) is 0. The van der Waals surface area contributed by atoms with Crippen LogP contribution in [-0.2, 0) is 0 Å². The topological polar surface area (TPSA) is 30.2 Å². The zero-order valence-corrected chi connectivity index (χ0v) is 14.4. The molecular formula is C20H14Cl2O2. The fourth-order valence-electron chi connectivity index (χ4n) is 2.25. The SMILES string of the molecule is Cc1ccc(C(=O)/C=C/c2ccc(-c3cccc(Cl)c3Cl)o2)cc1. The molecule has 4 heteroatoms. The Labute approximate surface area is 150 Å². The van der Waals surface area contributed by atoms with Crippen LogP contribution in [0.1, 0.15) is 21.7 Å². The Morgan fingerprint density at radius 1 is 1.00 bits per heavy atom. The Hall–Kier alpha value is -2.29. The van der Waals surface area contributed by atoms with Crippen molar-refractivity contribution in [2.75, 3.05) is 0 Å². The van der Waals surface area contributed by atoms with E-state index in [0.29, 0.717) is 32.7 Å². The van der Waals surface area contributed by atoms with Crippen LogP contribution in [0.15, 0.2) is 65.1 Å². The summed E-state index contributed by atoms with van der Waals surface area (Å²) in [4.78, 5) is 12.1. The highest BCUT2D eigenvalue weighted by Crippen LogP contribution is 2.34. The number of aryl methyl sites for hydroxylation is 1. The van der Waals surface area contributed by atoms with Gasteiger partial charge in [0.05, 0.1) is 10.0 Å². The average Bonchev–Trinajstić information content (AvgIpc) is 3.04. The van der Waals surface area contributed by atoms with Crippen LogP contribution in [0.4, 0.5) is 0 Å². The van der Waals surface area contributed by atoms with Crippen LogP contribution >= 0.6 is 23.2 Å². The lowest BCUT2D eigenvalue weighted by atomic mass is 10.1. The largest absolute Gasteiger partial charge is 0.457 e. The van der Waals surface area contributed by atoms with E-state index in [0.717, 1.165) is 5.56 Å². The van der Waals surface area contributed by atoms with E-state index >= 15 is 0 Å². The van der Waals surface area contributed by atoms with Crippen molar-refractivity contribution in [3.8, 4) is 11.3 Å². The number of furan rings is 1. The van der Waals surface area contributed by atoms with Gasteiger partial charge in [-0.25, -0.2) is 0 Å². The molecule has 0 atom stereocenters. The molecule has 0 saturated carbocycles. The third-order valence-corrected chi connectivity index (χ3v) is 4.40. The molecule has 0 fully saturated rings. The van der Waals surface area contributed by atoms with Gasteiger partial charge >= 0.3 is 0 Å². The molecular weight excluding hydrogens is 343 g/mol. The van der Waals surface area contributed by atoms with Crippen molar-refractivity contribution in [2.24, 2.45) is 0 Å². The monoisotopic (exact) mass is 356 g/mol. The number of carbonyl (C=O) groups is 1. The van der Waals surface area contributed by atoms with Gasteiger partial charge in [-0.1, -0.05) is 59.1 Å². The van der Waals surface area contributed by atoms with Gasteiger partial charge in [-0.15, -0.1) is 0 Å². The van der Waals surface area contributed by atoms with Crippen molar-refractivity contribution < 1.29 is 9.21 Å². The van der Waals surface area contributed by atoms with E-state index in [2.05, 4.69) is 0 Å². The number of ketones is 1. The smallest absolute Gasteiger partial charge is 0.185 e. The summed E-state index contributed by atoms with van der Waals surface area (Å²) < 4.78 is 5.73. The van der Waals surface area contributed by atoms with Crippen molar-refractivity contribution in [3.05, 3.63) is 87.6 Å². The van der Waals surface area contributed by atoms with E-state index in [9.17, 15) is 4.79 Å². The summed E-state index contributed by atoms with van der Waals surface area (Å²) in [6.45, 7) is 1.98. The van der Waals surface area contributed by atoms with Crippen LogP contribution < -0.4 is 0 Å². The number of carbonyl (C=O) groups excluding carboxylic acids is 1. The minimum absolute atomic E-state index is 0.0752. The molecule has 0 unspecified atom stereocenters. The molecule has 0 radical (unpaired) electrons. The maximum atomic E-state index is 12.1. The van der Waals surface area contributed by atoms with Crippen molar-refractivity contribution in [1.82, 2.24) is 0 Å². The first-order valence-corrected chi connectivity index (χ1v) is 8.13. The van der Waals surface area contributed by atoms with Gasteiger partial charge in [-0.2, -0.15) is 0 Å². The molecule has 1 heterocycles. The molecule has 0 aliphatic heterocycles. The molecule has 120 valence electrons. The van der Waals surface area contributed by atoms with Crippen molar-refractivity contribution in [1.29, 1.82) is 0 Å². The quantitative estimate of drug-likeness (QED) is 0.396. The van der Waals surface area contributed by atoms with Crippen LogP contribution in [0.2, 0.25) is 10.0 Å². The molecule has 0 aliphatic rings. The highest BCUT2D eigenvalue weighted by atomic mass is 35.5. The van der Waals surface area contributed by atoms with Crippen molar-refractivity contribution in [3.63, 3.8) is 0 Å². The van der Waals surface area contributed by atoms with Gasteiger partial charge in [0, 0.05) is 11.1 Å². The molecule has 0 aliphatic carbocycles. The Morgan fingerprint density at radius 2 is 1.75 bits per heavy atom. The number of benzene rings is 2. The maximum absolute atomic E-state index is 12.1. The van der Waals surface area contributed by atoms with E-state index in [1.54, 1.807) is 36.4 Å². The summed E-state index contributed by atoms with van der Waals surface area (Å²) in [6.07, 6.45) is 3.14. The molecule has 0 saturated heterocycles. The number of allylic oxidation sites excluding steroid dienone is 1. The second-order valence-electron chi connectivity index (χ2n) is 5.37. The molecule has 3 rings (SSSR count). The first-order valence-electron chi connectivity index (χ1n) is 7.38. The fraction of sp³-hybridized carbons (Fsp3) is 0.0500. The third kappa shape index (κ3) is 3.61. The van der Waals surface area contributed by atoms with Gasteiger partial charge in [0.25, 0.3) is 0 Å². The highest BCUT2D eigenvalue weighted by molar-refractivity contribution is 6.43. The van der Waals surface area contributed by atoms with Crippen LogP contribution in [0.25, 0.3) is 17.4 Å². The Balaban J connectivity index is 1.80. The Bertz CT molecular complexity index is 906. The van der Waals surface area contributed by atoms with E-state index in [4.69, 9.17) is 27.6 Å². The van der Waals surface area contributed by atoms with Gasteiger partial charge in [0.2, 0.25) is 0 Å². The predicted octanol–water partition coefficient (Wildman–Crippen LogP) is 6.46. The molecule has 1 aromatic heterocycles. The Morgan fingerprint density at radius 3 is 2.50 bits per heavy atom. The van der Waals surface area contributed by atoms with Gasteiger partial charge < -0.3 is 4.42 Å². The second kappa shape index (κ2) is 7.08. The zero-order valence-electron chi connectivity index (χ0n) is 12.9. The van der Waals surface area contributed by atoms with E-state index in [-0.39, 0.29) is 5.78 Å². The Kier molecular flexibility index (Phi) is 4.89. The highest BCUT2D eigenvalue weighted by Gasteiger charge is 2.10. The molecule has 3 aromatic rings. The summed E-state index contributed by atoms with van der Waals surface area (Å²) in [6, 6.07) is 16.4. The first-order chi connectivity index (χ1) is 11.5. The molecule has 0 spiro atoms. The lowest BCUT2D eigenvalue weighted by Gasteiger charge is -2.01. The minimum Gasteiger partial charge on any atom is -0.457 e. The molecule has 2 aromatic carbocycles. The van der Waals surface area contributed by atoms with Crippen LogP contribution in [0.5, 0.6) is 0 Å². The number of halogens is 2. The summed E-state index contributed by atoms with van der Waals surface area (Å²) in [5, 5.41) is 0.914. The second-order valence-corrected chi connectivity index (χ2v) is 6.15. The van der Waals surface area contributed by atoms with E-state index < -0.39 is 0 Å². The zero-order chi connectivity index (χ0) is 17.1. The summed E-state index contributed by atoms with van der Waals surface area (Å²) in [5.74, 6) is 1.10. The average molecular weight is 357 g/mol. The molecule has 2 nitrogen and oxygen atoms in total. The predicted molar refractivity (Wildman–Crippen MR) is 98.7 cm³/mol. The van der Waals surface area contributed by atoms with Gasteiger partial charge in [0.1, 0.15) is 11.5 Å². The number of rotatable bonds is 4. The standard InChI is InChI=1S/C20H14Cl2O2/c1-13-5-7-14(8-6-13)18(23)11-9-15-10-12-19(24-15)16-3-2-4-17(21)20(16)22/h2-12H,1H3/b11-9+. The minimum atomic E-state index is -0.0752. The molecule has 0 amide bonds. The lowest BCUT2D eigenvalue weighted by molar-refractivity contribution is 0.104. The van der Waals surface area contributed by atoms with Crippen molar-refractivity contribution >= 4 is 35.1 Å². The molecule has 0 bridgehead atoms. The van der Waals surface area contributed by atoms with Crippen LogP contribution in [0, 0.1) is 6.92 Å². The maximum Gasteiger partial charge on any atom is 0.185 e. The van der Waals surface area contributed by atoms with E-state index in [1.807, 2.05) is 31.2 Å².